The minimum absolute atomic E-state index is 0.350. The first-order valence-corrected chi connectivity index (χ1v) is 11.7. The molecule has 8 heteroatoms. The zero-order chi connectivity index (χ0) is 27.1. The van der Waals surface area contributed by atoms with E-state index in [1.807, 2.05) is 36.4 Å². The Morgan fingerprint density at radius 3 is 1.39 bits per heavy atom. The van der Waals surface area contributed by atoms with Gasteiger partial charge in [-0.15, -0.1) is 0 Å². The summed E-state index contributed by atoms with van der Waals surface area (Å²) < 4.78 is 21.0. The Hall–Kier alpha value is -4.98. The lowest BCUT2D eigenvalue weighted by molar-refractivity contribution is -0.132. The van der Waals surface area contributed by atoms with E-state index in [0.717, 1.165) is 33.3 Å². The fourth-order valence-electron chi connectivity index (χ4n) is 3.80. The summed E-state index contributed by atoms with van der Waals surface area (Å²) in [7, 11) is 3.03. The van der Waals surface area contributed by atoms with E-state index >= 15 is 0 Å². The number of carbonyl (C=O) groups excluding carboxylic acids is 2. The van der Waals surface area contributed by atoms with E-state index in [1.165, 1.54) is 28.1 Å². The van der Waals surface area contributed by atoms with Gasteiger partial charge in [0.05, 0.1) is 25.6 Å². The van der Waals surface area contributed by atoms with Crippen molar-refractivity contribution in [3.8, 4) is 23.0 Å². The van der Waals surface area contributed by atoms with Crippen molar-refractivity contribution in [2.45, 2.75) is 13.8 Å². The van der Waals surface area contributed by atoms with Crippen LogP contribution in [-0.2, 0) is 9.59 Å². The molecule has 0 heterocycles. The van der Waals surface area contributed by atoms with Crippen molar-refractivity contribution < 1.29 is 28.5 Å². The van der Waals surface area contributed by atoms with Crippen LogP contribution in [0.1, 0.15) is 25.0 Å². The topological polar surface area (TPSA) is 95.8 Å². The molecule has 0 atom stereocenters. The van der Waals surface area contributed by atoms with Crippen molar-refractivity contribution in [3.63, 3.8) is 0 Å². The second-order valence-corrected chi connectivity index (χ2v) is 8.17. The maximum Gasteiger partial charge on any atom is 0.308 e. The molecule has 0 aliphatic carbocycles. The number of methoxy groups -OCH3 is 2. The van der Waals surface area contributed by atoms with Gasteiger partial charge in [0, 0.05) is 37.0 Å². The summed E-state index contributed by atoms with van der Waals surface area (Å²) in [5.74, 6) is 0.744. The summed E-state index contributed by atoms with van der Waals surface area (Å²) in [6.45, 7) is 2.68. The average Bonchev–Trinajstić information content (AvgIpc) is 2.91. The second kappa shape index (κ2) is 11.8. The molecule has 0 fully saturated rings. The number of nitrogens with zero attached hydrogens (tertiary/aromatic N) is 2. The lowest BCUT2D eigenvalue weighted by Crippen LogP contribution is -2.03. The van der Waals surface area contributed by atoms with Crippen LogP contribution in [-0.4, -0.2) is 38.6 Å². The van der Waals surface area contributed by atoms with Crippen molar-refractivity contribution >= 4 is 46.5 Å². The van der Waals surface area contributed by atoms with E-state index in [9.17, 15) is 9.59 Å². The molecule has 0 unspecified atom stereocenters. The molecule has 0 radical (unpaired) electrons. The van der Waals surface area contributed by atoms with E-state index in [0.29, 0.717) is 23.0 Å². The fraction of sp³-hybridized carbons (Fsp3) is 0.133. The average molecular weight is 511 g/mol. The fourth-order valence-corrected chi connectivity index (χ4v) is 3.80. The van der Waals surface area contributed by atoms with Crippen LogP contribution in [0.4, 0.5) is 11.4 Å². The number of hydrogen-bond donors (Lipinski definition) is 0. The van der Waals surface area contributed by atoms with Crippen molar-refractivity contribution in [2.75, 3.05) is 14.2 Å². The van der Waals surface area contributed by atoms with Crippen LogP contribution in [0.2, 0.25) is 0 Å². The molecule has 0 aliphatic rings. The molecule has 0 bridgehead atoms. The first kappa shape index (κ1) is 26.1. The number of rotatable bonds is 8. The molecular formula is C30H26N2O6. The van der Waals surface area contributed by atoms with E-state index in [4.69, 9.17) is 18.9 Å². The molecule has 0 N–H and O–H groups in total. The highest BCUT2D eigenvalue weighted by Gasteiger charge is 2.09. The predicted octanol–water partition coefficient (Wildman–Crippen LogP) is 6.21. The molecule has 192 valence electrons. The summed E-state index contributed by atoms with van der Waals surface area (Å²) in [5.41, 5.74) is 3.12. The highest BCUT2D eigenvalue weighted by molar-refractivity contribution is 6.02. The number of benzene rings is 4. The Balaban J connectivity index is 1.62. The van der Waals surface area contributed by atoms with Crippen molar-refractivity contribution in [1.82, 2.24) is 0 Å². The molecule has 0 aliphatic heterocycles. The minimum Gasteiger partial charge on any atom is -0.493 e. The van der Waals surface area contributed by atoms with Crippen LogP contribution < -0.4 is 18.9 Å². The van der Waals surface area contributed by atoms with Gasteiger partial charge >= 0.3 is 11.9 Å². The SMILES string of the molecule is COc1cc(C=Nc2cccc3c(N=Cc4ccc(OC(C)=O)c(OC)c4)cccc23)ccc1OC(C)=O. The highest BCUT2D eigenvalue weighted by Crippen LogP contribution is 2.34. The minimum atomic E-state index is -0.419. The van der Waals surface area contributed by atoms with Crippen LogP contribution in [0, 0.1) is 0 Å². The van der Waals surface area contributed by atoms with E-state index < -0.39 is 11.9 Å². The zero-order valence-corrected chi connectivity index (χ0v) is 21.4. The molecule has 0 spiro atoms. The van der Waals surface area contributed by atoms with Crippen molar-refractivity contribution in [1.29, 1.82) is 0 Å². The monoisotopic (exact) mass is 510 g/mol. The molecule has 0 saturated heterocycles. The lowest BCUT2D eigenvalue weighted by Gasteiger charge is -2.09. The van der Waals surface area contributed by atoms with Gasteiger partial charge in [-0.25, -0.2) is 0 Å². The van der Waals surface area contributed by atoms with Gasteiger partial charge < -0.3 is 18.9 Å². The van der Waals surface area contributed by atoms with Crippen LogP contribution in [0.15, 0.2) is 82.8 Å². The van der Waals surface area contributed by atoms with Crippen LogP contribution in [0.3, 0.4) is 0 Å². The third-order valence-electron chi connectivity index (χ3n) is 5.46. The van der Waals surface area contributed by atoms with E-state index in [-0.39, 0.29) is 0 Å². The van der Waals surface area contributed by atoms with Crippen LogP contribution in [0.5, 0.6) is 23.0 Å². The van der Waals surface area contributed by atoms with Gasteiger partial charge in [-0.2, -0.15) is 0 Å². The number of esters is 2. The van der Waals surface area contributed by atoms with E-state index in [1.54, 1.807) is 48.8 Å². The highest BCUT2D eigenvalue weighted by atomic mass is 16.6. The molecule has 38 heavy (non-hydrogen) atoms. The number of hydrogen-bond acceptors (Lipinski definition) is 8. The standard InChI is InChI=1S/C30H26N2O6/c1-19(33)37-27-13-11-21(15-29(27)35-3)17-31-25-9-5-8-24-23(25)7-6-10-26(24)32-18-22-12-14-28(38-20(2)34)30(16-22)36-4/h5-18H,1-4H3. The number of carbonyl (C=O) groups is 2. The molecule has 4 aromatic carbocycles. The zero-order valence-electron chi connectivity index (χ0n) is 21.4. The molecule has 4 rings (SSSR count). The van der Waals surface area contributed by atoms with Gasteiger partial charge in [0.1, 0.15) is 0 Å². The maximum atomic E-state index is 11.3. The quantitative estimate of drug-likeness (QED) is 0.159. The second-order valence-electron chi connectivity index (χ2n) is 8.17. The Labute approximate surface area is 220 Å². The summed E-state index contributed by atoms with van der Waals surface area (Å²) >= 11 is 0. The molecule has 0 aromatic heterocycles. The van der Waals surface area contributed by atoms with E-state index in [2.05, 4.69) is 9.98 Å². The molecule has 4 aromatic rings. The summed E-state index contributed by atoms with van der Waals surface area (Å²) in [5, 5.41) is 1.87. The normalized spacial score (nSPS) is 11.2. The summed E-state index contributed by atoms with van der Waals surface area (Å²) in [6.07, 6.45) is 3.45. The van der Waals surface area contributed by atoms with Gasteiger partial charge in [-0.1, -0.05) is 24.3 Å². The van der Waals surface area contributed by atoms with Crippen LogP contribution in [0.25, 0.3) is 10.8 Å². The largest absolute Gasteiger partial charge is 0.493 e. The van der Waals surface area contributed by atoms with Crippen molar-refractivity contribution in [2.24, 2.45) is 9.98 Å². The molecular weight excluding hydrogens is 484 g/mol. The first-order valence-electron chi connectivity index (χ1n) is 11.7. The molecule has 0 amide bonds. The maximum absolute atomic E-state index is 11.3. The molecule has 8 nitrogen and oxygen atoms in total. The van der Waals surface area contributed by atoms with Crippen molar-refractivity contribution in [3.05, 3.63) is 83.9 Å². The van der Waals surface area contributed by atoms with Gasteiger partial charge in [-0.3, -0.25) is 19.6 Å². The third-order valence-corrected chi connectivity index (χ3v) is 5.46. The lowest BCUT2D eigenvalue weighted by atomic mass is 10.1. The van der Waals surface area contributed by atoms with Gasteiger partial charge in [0.2, 0.25) is 0 Å². The van der Waals surface area contributed by atoms with Gasteiger partial charge in [0.25, 0.3) is 0 Å². The Morgan fingerprint density at radius 1 is 0.605 bits per heavy atom. The van der Waals surface area contributed by atoms with Crippen LogP contribution >= 0.6 is 0 Å². The molecule has 0 saturated carbocycles. The first-order chi connectivity index (χ1) is 18.4. The number of aliphatic imine (C=N–C) groups is 2. The summed E-state index contributed by atoms with van der Waals surface area (Å²) in [4.78, 5) is 32.0. The number of fused-ring (bicyclic) bond motifs is 1. The third kappa shape index (κ3) is 6.22. The summed E-state index contributed by atoms with van der Waals surface area (Å²) in [6, 6.07) is 22.1. The Kier molecular flexibility index (Phi) is 8.13. The Bertz CT molecular complexity index is 1440. The predicted molar refractivity (Wildman–Crippen MR) is 147 cm³/mol. The van der Waals surface area contributed by atoms with Gasteiger partial charge in [0.15, 0.2) is 23.0 Å². The van der Waals surface area contributed by atoms with Gasteiger partial charge in [-0.05, 0) is 59.7 Å². The number of ether oxygens (including phenoxy) is 4. The Morgan fingerprint density at radius 2 is 1.03 bits per heavy atom. The smallest absolute Gasteiger partial charge is 0.308 e.